The Kier molecular flexibility index (Phi) is 4.23. The van der Waals surface area contributed by atoms with Gasteiger partial charge in [-0.3, -0.25) is 0 Å². The monoisotopic (exact) mass is 301 g/mol. The molecule has 0 unspecified atom stereocenters. The van der Waals surface area contributed by atoms with Gasteiger partial charge in [0, 0.05) is 22.3 Å². The van der Waals surface area contributed by atoms with E-state index in [1.807, 2.05) is 0 Å². The standard InChI is InChI=1S/C13H10Cl3NO/c14-11-3-1-9(17)5-8(11)7-18-10-2-4-12(15)13(16)6-10/h1-6H,7,17H2. The topological polar surface area (TPSA) is 35.2 Å². The number of rotatable bonds is 3. The van der Waals surface area contributed by atoms with Crippen LogP contribution >= 0.6 is 34.8 Å². The molecular weight excluding hydrogens is 293 g/mol. The Bertz CT molecular complexity index is 572. The molecule has 0 saturated carbocycles. The lowest BCUT2D eigenvalue weighted by atomic mass is 10.2. The predicted molar refractivity (Wildman–Crippen MR) is 76.7 cm³/mol. The second-order valence-electron chi connectivity index (χ2n) is 3.72. The van der Waals surface area contributed by atoms with Crippen molar-refractivity contribution in [1.82, 2.24) is 0 Å². The van der Waals surface area contributed by atoms with Gasteiger partial charge in [0.2, 0.25) is 0 Å². The van der Waals surface area contributed by atoms with Gasteiger partial charge in [-0.1, -0.05) is 34.8 Å². The van der Waals surface area contributed by atoms with E-state index in [1.165, 1.54) is 0 Å². The molecule has 2 N–H and O–H groups in total. The molecular formula is C13H10Cl3NO. The van der Waals surface area contributed by atoms with E-state index in [-0.39, 0.29) is 0 Å². The maximum absolute atomic E-state index is 6.04. The lowest BCUT2D eigenvalue weighted by molar-refractivity contribution is 0.306. The molecule has 0 aliphatic heterocycles. The van der Waals surface area contributed by atoms with E-state index < -0.39 is 0 Å². The second-order valence-corrected chi connectivity index (χ2v) is 4.94. The summed E-state index contributed by atoms with van der Waals surface area (Å²) >= 11 is 17.7. The summed E-state index contributed by atoms with van der Waals surface area (Å²) in [4.78, 5) is 0. The lowest BCUT2D eigenvalue weighted by Crippen LogP contribution is -1.97. The zero-order valence-electron chi connectivity index (χ0n) is 9.29. The van der Waals surface area contributed by atoms with Crippen molar-refractivity contribution in [3.8, 4) is 5.75 Å². The van der Waals surface area contributed by atoms with Crippen LogP contribution in [0, 0.1) is 0 Å². The smallest absolute Gasteiger partial charge is 0.121 e. The number of benzene rings is 2. The Labute approximate surface area is 120 Å². The van der Waals surface area contributed by atoms with Gasteiger partial charge in [0.1, 0.15) is 12.4 Å². The van der Waals surface area contributed by atoms with Gasteiger partial charge in [-0.2, -0.15) is 0 Å². The fourth-order valence-corrected chi connectivity index (χ4v) is 1.89. The van der Waals surface area contributed by atoms with Crippen molar-refractivity contribution in [2.75, 3.05) is 5.73 Å². The highest BCUT2D eigenvalue weighted by molar-refractivity contribution is 6.42. The fourth-order valence-electron chi connectivity index (χ4n) is 1.43. The minimum atomic E-state index is 0.321. The molecule has 18 heavy (non-hydrogen) atoms. The zero-order valence-corrected chi connectivity index (χ0v) is 11.6. The van der Waals surface area contributed by atoms with Crippen molar-refractivity contribution in [3.63, 3.8) is 0 Å². The van der Waals surface area contributed by atoms with Gasteiger partial charge in [0.25, 0.3) is 0 Å². The summed E-state index contributed by atoms with van der Waals surface area (Å²) in [5.41, 5.74) is 7.16. The molecule has 0 bridgehead atoms. The molecule has 0 heterocycles. The molecule has 0 aromatic heterocycles. The van der Waals surface area contributed by atoms with E-state index in [0.717, 1.165) is 5.56 Å². The first-order valence-corrected chi connectivity index (χ1v) is 6.31. The first-order chi connectivity index (χ1) is 8.56. The molecule has 0 spiro atoms. The van der Waals surface area contributed by atoms with Gasteiger partial charge < -0.3 is 10.5 Å². The number of nitrogens with two attached hydrogens (primary N) is 1. The van der Waals surface area contributed by atoms with Crippen LogP contribution in [0.25, 0.3) is 0 Å². The molecule has 2 rings (SSSR count). The zero-order chi connectivity index (χ0) is 13.1. The van der Waals surface area contributed by atoms with Crippen molar-refractivity contribution >= 4 is 40.5 Å². The summed E-state index contributed by atoms with van der Waals surface area (Å²) in [6, 6.07) is 10.3. The van der Waals surface area contributed by atoms with E-state index in [9.17, 15) is 0 Å². The maximum Gasteiger partial charge on any atom is 0.121 e. The Morgan fingerprint density at radius 2 is 1.61 bits per heavy atom. The highest BCUT2D eigenvalue weighted by Crippen LogP contribution is 2.27. The van der Waals surface area contributed by atoms with Gasteiger partial charge in [0.15, 0.2) is 0 Å². The van der Waals surface area contributed by atoms with E-state index in [1.54, 1.807) is 36.4 Å². The first-order valence-electron chi connectivity index (χ1n) is 5.18. The number of hydrogen-bond donors (Lipinski definition) is 1. The van der Waals surface area contributed by atoms with Gasteiger partial charge in [-0.15, -0.1) is 0 Å². The van der Waals surface area contributed by atoms with Crippen LogP contribution < -0.4 is 10.5 Å². The normalized spacial score (nSPS) is 10.4. The summed E-state index contributed by atoms with van der Waals surface area (Å²) in [6.07, 6.45) is 0. The van der Waals surface area contributed by atoms with Crippen molar-refractivity contribution in [3.05, 3.63) is 57.0 Å². The fraction of sp³-hybridized carbons (Fsp3) is 0.0769. The second kappa shape index (κ2) is 5.70. The van der Waals surface area contributed by atoms with E-state index in [4.69, 9.17) is 45.3 Å². The number of anilines is 1. The van der Waals surface area contributed by atoms with Gasteiger partial charge in [-0.05, 0) is 30.3 Å². The maximum atomic E-state index is 6.04. The molecule has 0 amide bonds. The SMILES string of the molecule is Nc1ccc(Cl)c(COc2ccc(Cl)c(Cl)c2)c1. The van der Waals surface area contributed by atoms with Gasteiger partial charge in [-0.25, -0.2) is 0 Å². The highest BCUT2D eigenvalue weighted by Gasteiger charge is 2.04. The quantitative estimate of drug-likeness (QED) is 0.826. The van der Waals surface area contributed by atoms with Crippen LogP contribution in [-0.4, -0.2) is 0 Å². The summed E-state index contributed by atoms with van der Waals surface area (Å²) in [5, 5.41) is 1.56. The van der Waals surface area contributed by atoms with Crippen molar-refractivity contribution < 1.29 is 4.74 Å². The molecule has 94 valence electrons. The lowest BCUT2D eigenvalue weighted by Gasteiger charge is -2.09. The average molecular weight is 303 g/mol. The summed E-state index contributed by atoms with van der Waals surface area (Å²) in [6.45, 7) is 0.321. The Hall–Kier alpha value is -1.09. The van der Waals surface area contributed by atoms with Crippen LogP contribution in [0.1, 0.15) is 5.56 Å². The molecule has 2 aromatic carbocycles. The average Bonchev–Trinajstić information content (AvgIpc) is 2.34. The van der Waals surface area contributed by atoms with Gasteiger partial charge in [0.05, 0.1) is 10.0 Å². The molecule has 0 aliphatic rings. The molecule has 0 radical (unpaired) electrons. The number of ether oxygens (including phenoxy) is 1. The summed E-state index contributed by atoms with van der Waals surface area (Å²) in [7, 11) is 0. The minimum absolute atomic E-state index is 0.321. The first kappa shape index (κ1) is 13.3. The molecule has 0 aliphatic carbocycles. The molecule has 2 aromatic rings. The van der Waals surface area contributed by atoms with Crippen molar-refractivity contribution in [2.24, 2.45) is 0 Å². The third kappa shape index (κ3) is 3.22. The third-order valence-corrected chi connectivity index (χ3v) is 3.46. The Morgan fingerprint density at radius 1 is 0.889 bits per heavy atom. The van der Waals surface area contributed by atoms with Crippen LogP contribution in [0.2, 0.25) is 15.1 Å². The molecule has 2 nitrogen and oxygen atoms in total. The number of nitrogen functional groups attached to an aromatic ring is 1. The van der Waals surface area contributed by atoms with Crippen LogP contribution in [0.4, 0.5) is 5.69 Å². The molecule has 0 saturated heterocycles. The number of halogens is 3. The molecule has 5 heteroatoms. The molecule has 0 atom stereocenters. The largest absolute Gasteiger partial charge is 0.489 e. The third-order valence-electron chi connectivity index (χ3n) is 2.36. The number of hydrogen-bond acceptors (Lipinski definition) is 2. The van der Waals surface area contributed by atoms with E-state index >= 15 is 0 Å². The van der Waals surface area contributed by atoms with Gasteiger partial charge >= 0.3 is 0 Å². The molecule has 0 fully saturated rings. The summed E-state index contributed by atoms with van der Waals surface area (Å²) in [5.74, 6) is 0.628. The Balaban J connectivity index is 2.11. The van der Waals surface area contributed by atoms with Crippen molar-refractivity contribution in [2.45, 2.75) is 6.61 Å². The highest BCUT2D eigenvalue weighted by atomic mass is 35.5. The summed E-state index contributed by atoms with van der Waals surface area (Å²) < 4.78 is 5.58. The van der Waals surface area contributed by atoms with Crippen LogP contribution in [0.15, 0.2) is 36.4 Å². The van der Waals surface area contributed by atoms with E-state index in [0.29, 0.717) is 33.1 Å². The van der Waals surface area contributed by atoms with E-state index in [2.05, 4.69) is 0 Å². The van der Waals surface area contributed by atoms with Crippen LogP contribution in [-0.2, 0) is 6.61 Å². The van der Waals surface area contributed by atoms with Crippen LogP contribution in [0.3, 0.4) is 0 Å². The van der Waals surface area contributed by atoms with Crippen molar-refractivity contribution in [1.29, 1.82) is 0 Å². The van der Waals surface area contributed by atoms with Crippen LogP contribution in [0.5, 0.6) is 5.75 Å². The Morgan fingerprint density at radius 3 is 2.33 bits per heavy atom. The predicted octanol–water partition coefficient (Wildman–Crippen LogP) is 4.81. The minimum Gasteiger partial charge on any atom is -0.489 e.